The lowest BCUT2D eigenvalue weighted by Crippen LogP contribution is -2.25. The van der Waals surface area contributed by atoms with Gasteiger partial charge < -0.3 is 9.47 Å². The third-order valence-corrected chi connectivity index (χ3v) is 3.46. The van der Waals surface area contributed by atoms with E-state index in [0.29, 0.717) is 25.6 Å². The second kappa shape index (κ2) is 8.11. The van der Waals surface area contributed by atoms with Crippen LogP contribution in [0.15, 0.2) is 0 Å². The molecule has 4 heteroatoms. The average Bonchev–Trinajstić information content (AvgIpc) is 2.37. The van der Waals surface area contributed by atoms with Crippen molar-refractivity contribution >= 4 is 11.9 Å². The number of carbonyl (C=O) groups excluding carboxylic acids is 2. The zero-order valence-corrected chi connectivity index (χ0v) is 11.4. The van der Waals surface area contributed by atoms with E-state index in [1.807, 2.05) is 13.8 Å². The van der Waals surface area contributed by atoms with E-state index in [1.165, 1.54) is 0 Å². The van der Waals surface area contributed by atoms with Crippen LogP contribution in [0.1, 0.15) is 52.4 Å². The van der Waals surface area contributed by atoms with Crippen molar-refractivity contribution in [3.63, 3.8) is 0 Å². The molecule has 1 fully saturated rings. The second-order valence-electron chi connectivity index (χ2n) is 4.83. The van der Waals surface area contributed by atoms with E-state index in [-0.39, 0.29) is 17.9 Å². The van der Waals surface area contributed by atoms with Crippen LogP contribution in [0.25, 0.3) is 0 Å². The van der Waals surface area contributed by atoms with Gasteiger partial charge in [-0.05, 0) is 39.0 Å². The van der Waals surface area contributed by atoms with Crippen LogP contribution in [0.5, 0.6) is 0 Å². The maximum absolute atomic E-state index is 11.7. The summed E-state index contributed by atoms with van der Waals surface area (Å²) in [5.74, 6) is 0.289. The van der Waals surface area contributed by atoms with Crippen LogP contribution in [0.4, 0.5) is 0 Å². The minimum atomic E-state index is -0.129. The highest BCUT2D eigenvalue weighted by Crippen LogP contribution is 2.32. The minimum Gasteiger partial charge on any atom is -0.466 e. The summed E-state index contributed by atoms with van der Waals surface area (Å²) in [4.78, 5) is 23.0. The van der Waals surface area contributed by atoms with Gasteiger partial charge in [0.1, 0.15) is 0 Å². The van der Waals surface area contributed by atoms with E-state index in [2.05, 4.69) is 0 Å². The van der Waals surface area contributed by atoms with Crippen molar-refractivity contribution in [2.75, 3.05) is 13.2 Å². The molecule has 1 saturated carbocycles. The third-order valence-electron chi connectivity index (χ3n) is 3.46. The molecule has 1 rings (SSSR count). The average molecular weight is 256 g/mol. The molecule has 0 aliphatic heterocycles. The quantitative estimate of drug-likeness (QED) is 0.686. The number of esters is 2. The molecule has 0 aromatic carbocycles. The molecule has 0 N–H and O–H groups in total. The van der Waals surface area contributed by atoms with Gasteiger partial charge in [-0.1, -0.05) is 12.8 Å². The summed E-state index contributed by atoms with van der Waals surface area (Å²) in [5.41, 5.74) is 0. The Kier molecular flexibility index (Phi) is 6.76. The zero-order chi connectivity index (χ0) is 13.4. The third kappa shape index (κ3) is 5.07. The molecular weight excluding hydrogens is 232 g/mol. The molecule has 0 unspecified atom stereocenters. The molecule has 1 aliphatic rings. The van der Waals surface area contributed by atoms with E-state index >= 15 is 0 Å². The first kappa shape index (κ1) is 15.0. The first-order chi connectivity index (χ1) is 8.67. The Hall–Kier alpha value is -1.06. The molecule has 1 aliphatic carbocycles. The highest BCUT2D eigenvalue weighted by molar-refractivity contribution is 5.72. The normalized spacial score (nSPS) is 23.4. The first-order valence-electron chi connectivity index (χ1n) is 6.99. The Balaban J connectivity index is 2.30. The summed E-state index contributed by atoms with van der Waals surface area (Å²) < 4.78 is 9.98. The van der Waals surface area contributed by atoms with Gasteiger partial charge in [0.05, 0.1) is 19.1 Å². The van der Waals surface area contributed by atoms with Gasteiger partial charge in [0, 0.05) is 6.42 Å². The molecule has 104 valence electrons. The van der Waals surface area contributed by atoms with Crippen LogP contribution >= 0.6 is 0 Å². The molecule has 0 spiro atoms. The predicted octanol–water partition coefficient (Wildman–Crippen LogP) is 2.70. The Morgan fingerprint density at radius 2 is 1.83 bits per heavy atom. The van der Waals surface area contributed by atoms with E-state index in [0.717, 1.165) is 32.1 Å². The second-order valence-corrected chi connectivity index (χ2v) is 4.83. The molecule has 18 heavy (non-hydrogen) atoms. The van der Waals surface area contributed by atoms with Crippen LogP contribution in [-0.4, -0.2) is 25.2 Å². The smallest absolute Gasteiger partial charge is 0.308 e. The lowest BCUT2D eigenvalue weighted by atomic mass is 9.79. The standard InChI is InChI=1S/C14H24O4/c1-3-17-13(15)9-8-11-6-5-7-12(10-11)14(16)18-4-2/h11-12H,3-10H2,1-2H3/t11-,12-/m0/s1. The van der Waals surface area contributed by atoms with Crippen molar-refractivity contribution in [1.82, 2.24) is 0 Å². The summed E-state index contributed by atoms with van der Waals surface area (Å²) in [5, 5.41) is 0. The molecule has 0 radical (unpaired) electrons. The van der Waals surface area contributed by atoms with Crippen LogP contribution in [0.3, 0.4) is 0 Å². The fraction of sp³-hybridized carbons (Fsp3) is 0.857. The maximum Gasteiger partial charge on any atom is 0.308 e. The van der Waals surface area contributed by atoms with Crippen molar-refractivity contribution in [3.8, 4) is 0 Å². The van der Waals surface area contributed by atoms with E-state index in [9.17, 15) is 9.59 Å². The first-order valence-corrected chi connectivity index (χ1v) is 6.99. The predicted molar refractivity (Wildman–Crippen MR) is 67.9 cm³/mol. The van der Waals surface area contributed by atoms with Crippen LogP contribution in [0.2, 0.25) is 0 Å². The lowest BCUT2D eigenvalue weighted by Gasteiger charge is -2.27. The minimum absolute atomic E-state index is 0.0332. The summed E-state index contributed by atoms with van der Waals surface area (Å²) in [6.07, 6.45) is 5.24. The molecule has 0 aromatic rings. The van der Waals surface area contributed by atoms with Gasteiger partial charge in [-0.15, -0.1) is 0 Å². The van der Waals surface area contributed by atoms with Gasteiger partial charge in [0.25, 0.3) is 0 Å². The van der Waals surface area contributed by atoms with E-state index in [1.54, 1.807) is 0 Å². The van der Waals surface area contributed by atoms with Gasteiger partial charge in [-0.3, -0.25) is 9.59 Å². The zero-order valence-electron chi connectivity index (χ0n) is 11.4. The van der Waals surface area contributed by atoms with Crippen molar-refractivity contribution < 1.29 is 19.1 Å². The van der Waals surface area contributed by atoms with E-state index < -0.39 is 0 Å². The Morgan fingerprint density at radius 1 is 1.11 bits per heavy atom. The number of carbonyl (C=O) groups is 2. The van der Waals surface area contributed by atoms with Crippen LogP contribution in [0, 0.1) is 11.8 Å². The maximum atomic E-state index is 11.7. The van der Waals surface area contributed by atoms with Gasteiger partial charge >= 0.3 is 11.9 Å². The SMILES string of the molecule is CCOC(=O)CC[C@@H]1CCC[C@H](C(=O)OCC)C1. The molecular formula is C14H24O4. The largest absolute Gasteiger partial charge is 0.466 e. The summed E-state index contributed by atoms with van der Waals surface area (Å²) in [7, 11) is 0. The van der Waals surface area contributed by atoms with Crippen LogP contribution in [-0.2, 0) is 19.1 Å². The number of ether oxygens (including phenoxy) is 2. The Labute approximate surface area is 109 Å². The number of hydrogen-bond acceptors (Lipinski definition) is 4. The van der Waals surface area contributed by atoms with Gasteiger partial charge in [-0.25, -0.2) is 0 Å². The number of rotatable bonds is 6. The van der Waals surface area contributed by atoms with Gasteiger partial charge in [0.2, 0.25) is 0 Å². The van der Waals surface area contributed by atoms with Crippen molar-refractivity contribution in [1.29, 1.82) is 0 Å². The molecule has 0 heterocycles. The molecule has 4 nitrogen and oxygen atoms in total. The summed E-state index contributed by atoms with van der Waals surface area (Å²) >= 11 is 0. The van der Waals surface area contributed by atoms with Crippen molar-refractivity contribution in [2.45, 2.75) is 52.4 Å². The Morgan fingerprint density at radius 3 is 2.50 bits per heavy atom. The topological polar surface area (TPSA) is 52.6 Å². The Bertz CT molecular complexity index is 275. The number of hydrogen-bond donors (Lipinski definition) is 0. The monoisotopic (exact) mass is 256 g/mol. The molecule has 2 atom stereocenters. The molecule has 0 amide bonds. The van der Waals surface area contributed by atoms with Gasteiger partial charge in [-0.2, -0.15) is 0 Å². The molecule has 0 aromatic heterocycles. The molecule has 0 bridgehead atoms. The van der Waals surface area contributed by atoms with Crippen molar-refractivity contribution in [3.05, 3.63) is 0 Å². The highest BCUT2D eigenvalue weighted by atomic mass is 16.5. The fourth-order valence-corrected chi connectivity index (χ4v) is 2.58. The lowest BCUT2D eigenvalue weighted by molar-refractivity contribution is -0.149. The van der Waals surface area contributed by atoms with E-state index in [4.69, 9.17) is 9.47 Å². The molecule has 0 saturated heterocycles. The van der Waals surface area contributed by atoms with Crippen molar-refractivity contribution in [2.24, 2.45) is 11.8 Å². The van der Waals surface area contributed by atoms with Gasteiger partial charge in [0.15, 0.2) is 0 Å². The highest BCUT2D eigenvalue weighted by Gasteiger charge is 2.28. The fourth-order valence-electron chi connectivity index (χ4n) is 2.58. The summed E-state index contributed by atoms with van der Waals surface area (Å²) in [6, 6.07) is 0. The van der Waals surface area contributed by atoms with Crippen LogP contribution < -0.4 is 0 Å². The summed E-state index contributed by atoms with van der Waals surface area (Å²) in [6.45, 7) is 4.53.